The maximum atomic E-state index is 13.7. The second-order valence-electron chi connectivity index (χ2n) is 7.62. The lowest BCUT2D eigenvalue weighted by molar-refractivity contribution is -0.124. The van der Waals surface area contributed by atoms with Crippen molar-refractivity contribution in [2.45, 2.75) is 43.7 Å². The van der Waals surface area contributed by atoms with Crippen molar-refractivity contribution >= 4 is 21.7 Å². The van der Waals surface area contributed by atoms with Gasteiger partial charge in [-0.3, -0.25) is 9.59 Å². The fourth-order valence-corrected chi connectivity index (χ4v) is 5.32. The second-order valence-corrected chi connectivity index (χ2v) is 9.51. The number of ether oxygens (including phenoxy) is 2. The zero-order chi connectivity index (χ0) is 23.3. The Balaban J connectivity index is 2.03. The average molecular weight is 461 g/mol. The van der Waals surface area contributed by atoms with Gasteiger partial charge in [-0.1, -0.05) is 18.2 Å². The molecule has 0 spiro atoms. The van der Waals surface area contributed by atoms with Gasteiger partial charge in [0.2, 0.25) is 15.9 Å². The molecule has 2 aromatic carbocycles. The van der Waals surface area contributed by atoms with Gasteiger partial charge in [0.05, 0.1) is 19.1 Å². The molecule has 0 aliphatic carbocycles. The van der Waals surface area contributed by atoms with Crippen molar-refractivity contribution in [1.82, 2.24) is 9.62 Å². The van der Waals surface area contributed by atoms with Crippen LogP contribution in [0.25, 0.3) is 0 Å². The first kappa shape index (κ1) is 23.7. The van der Waals surface area contributed by atoms with Crippen LogP contribution in [0, 0.1) is 0 Å². The maximum Gasteiger partial charge on any atom is 0.244 e. The van der Waals surface area contributed by atoms with Gasteiger partial charge in [-0.15, -0.1) is 0 Å². The Labute approximate surface area is 188 Å². The van der Waals surface area contributed by atoms with E-state index in [1.54, 1.807) is 18.2 Å². The van der Waals surface area contributed by atoms with Crippen LogP contribution in [0.2, 0.25) is 0 Å². The molecule has 1 heterocycles. The first-order valence-electron chi connectivity index (χ1n) is 10.4. The number of sulfonamides is 1. The van der Waals surface area contributed by atoms with Crippen molar-refractivity contribution in [3.63, 3.8) is 0 Å². The van der Waals surface area contributed by atoms with Crippen LogP contribution in [0.4, 0.5) is 0 Å². The van der Waals surface area contributed by atoms with Crippen LogP contribution in [0.15, 0.2) is 47.4 Å². The van der Waals surface area contributed by atoms with Crippen LogP contribution in [0.3, 0.4) is 0 Å². The van der Waals surface area contributed by atoms with E-state index in [0.29, 0.717) is 35.6 Å². The van der Waals surface area contributed by atoms with Crippen LogP contribution >= 0.6 is 0 Å². The number of rotatable bonds is 8. The van der Waals surface area contributed by atoms with E-state index in [4.69, 9.17) is 9.47 Å². The number of carbonyl (C=O) groups is 2. The van der Waals surface area contributed by atoms with Crippen molar-refractivity contribution in [3.05, 3.63) is 53.6 Å². The van der Waals surface area contributed by atoms with E-state index < -0.39 is 16.1 Å². The van der Waals surface area contributed by atoms with Crippen LogP contribution < -0.4 is 14.8 Å². The predicted octanol–water partition coefficient (Wildman–Crippen LogP) is 2.77. The Morgan fingerprint density at radius 2 is 1.75 bits per heavy atom. The molecule has 0 bridgehead atoms. The van der Waals surface area contributed by atoms with E-state index in [1.807, 2.05) is 0 Å². The predicted molar refractivity (Wildman–Crippen MR) is 119 cm³/mol. The number of nitrogens with zero attached hydrogens (tertiary/aromatic N) is 1. The Kier molecular flexibility index (Phi) is 7.52. The van der Waals surface area contributed by atoms with Crippen molar-refractivity contribution in [3.8, 4) is 11.5 Å². The highest BCUT2D eigenvalue weighted by Gasteiger charge is 2.36. The van der Waals surface area contributed by atoms with Gasteiger partial charge in [-0.05, 0) is 56.0 Å². The highest BCUT2D eigenvalue weighted by atomic mass is 32.2. The number of methoxy groups -OCH3 is 2. The number of amides is 1. The smallest absolute Gasteiger partial charge is 0.244 e. The molecule has 172 valence electrons. The SMILES string of the molecule is COc1ccc(CN(C2CCCCNC2=O)S(=O)(=O)c2ccc(C(C)=O)cc2)cc1OC. The van der Waals surface area contributed by atoms with E-state index in [2.05, 4.69) is 5.32 Å². The zero-order valence-corrected chi connectivity index (χ0v) is 19.3. The third-order valence-electron chi connectivity index (χ3n) is 5.51. The summed E-state index contributed by atoms with van der Waals surface area (Å²) in [5.41, 5.74) is 1.08. The van der Waals surface area contributed by atoms with Crippen LogP contribution in [0.5, 0.6) is 11.5 Å². The van der Waals surface area contributed by atoms with Gasteiger partial charge in [0.25, 0.3) is 0 Å². The standard InChI is InChI=1S/C23H28N2O6S/c1-16(26)18-8-10-19(11-9-18)32(28,29)25(20-6-4-5-13-24-23(20)27)15-17-7-12-21(30-2)22(14-17)31-3/h7-12,14,20H,4-6,13,15H2,1-3H3,(H,24,27). The van der Waals surface area contributed by atoms with Gasteiger partial charge in [0, 0.05) is 18.7 Å². The van der Waals surface area contributed by atoms with Crippen molar-refractivity contribution in [2.75, 3.05) is 20.8 Å². The molecule has 0 radical (unpaired) electrons. The summed E-state index contributed by atoms with van der Waals surface area (Å²) in [5.74, 6) is 0.530. The molecule has 1 amide bonds. The average Bonchev–Trinajstić information content (AvgIpc) is 3.01. The number of ketones is 1. The molecule has 0 saturated carbocycles. The summed E-state index contributed by atoms with van der Waals surface area (Å²) in [6, 6.07) is 10.1. The van der Waals surface area contributed by atoms with Gasteiger partial charge >= 0.3 is 0 Å². The van der Waals surface area contributed by atoms with Crippen molar-refractivity contribution in [2.24, 2.45) is 0 Å². The monoisotopic (exact) mass is 460 g/mol. The highest BCUT2D eigenvalue weighted by molar-refractivity contribution is 7.89. The molecule has 0 aromatic heterocycles. The molecule has 1 N–H and O–H groups in total. The minimum absolute atomic E-state index is 0.0186. The van der Waals surface area contributed by atoms with Crippen molar-refractivity contribution in [1.29, 1.82) is 0 Å². The molecule has 1 atom stereocenters. The number of nitrogens with one attached hydrogen (secondary N) is 1. The molecule has 2 aromatic rings. The summed E-state index contributed by atoms with van der Waals surface area (Å²) in [6.07, 6.45) is 1.94. The number of benzene rings is 2. The molecule has 3 rings (SSSR count). The van der Waals surface area contributed by atoms with E-state index >= 15 is 0 Å². The second kappa shape index (κ2) is 10.1. The van der Waals surface area contributed by atoms with Gasteiger partial charge in [0.15, 0.2) is 17.3 Å². The van der Waals surface area contributed by atoms with E-state index in [-0.39, 0.29) is 23.1 Å². The number of hydrogen-bond acceptors (Lipinski definition) is 6. The number of hydrogen-bond donors (Lipinski definition) is 1. The third kappa shape index (κ3) is 5.11. The van der Waals surface area contributed by atoms with Gasteiger partial charge in [0.1, 0.15) is 6.04 Å². The highest BCUT2D eigenvalue weighted by Crippen LogP contribution is 2.30. The molecule has 32 heavy (non-hydrogen) atoms. The Hall–Kier alpha value is -2.91. The Morgan fingerprint density at radius 1 is 1.06 bits per heavy atom. The fraction of sp³-hybridized carbons (Fsp3) is 0.391. The molecule has 9 heteroatoms. The van der Waals surface area contributed by atoms with Crippen LogP contribution in [0.1, 0.15) is 42.1 Å². The zero-order valence-electron chi connectivity index (χ0n) is 18.5. The topological polar surface area (TPSA) is 102 Å². The van der Waals surface area contributed by atoms with E-state index in [1.165, 1.54) is 49.7 Å². The molecular formula is C23H28N2O6S. The minimum atomic E-state index is -4.04. The fourth-order valence-electron chi connectivity index (χ4n) is 3.72. The summed E-state index contributed by atoms with van der Waals surface area (Å²) >= 11 is 0. The first-order chi connectivity index (χ1) is 15.3. The summed E-state index contributed by atoms with van der Waals surface area (Å²) < 4.78 is 39.2. The quantitative estimate of drug-likeness (QED) is 0.608. The number of carbonyl (C=O) groups excluding carboxylic acids is 2. The maximum absolute atomic E-state index is 13.7. The summed E-state index contributed by atoms with van der Waals surface area (Å²) in [5, 5.41) is 2.81. The van der Waals surface area contributed by atoms with E-state index in [0.717, 1.165) is 12.8 Å². The molecule has 1 unspecified atom stereocenters. The minimum Gasteiger partial charge on any atom is -0.493 e. The first-order valence-corrected chi connectivity index (χ1v) is 11.8. The summed E-state index contributed by atoms with van der Waals surface area (Å²) in [4.78, 5) is 24.4. The lowest BCUT2D eigenvalue weighted by Crippen LogP contribution is -2.48. The molecule has 1 saturated heterocycles. The van der Waals surface area contributed by atoms with Gasteiger partial charge < -0.3 is 14.8 Å². The Morgan fingerprint density at radius 3 is 2.38 bits per heavy atom. The third-order valence-corrected chi connectivity index (χ3v) is 7.38. The van der Waals surface area contributed by atoms with Gasteiger partial charge in [-0.25, -0.2) is 8.42 Å². The molecule has 1 aliphatic heterocycles. The van der Waals surface area contributed by atoms with E-state index in [9.17, 15) is 18.0 Å². The largest absolute Gasteiger partial charge is 0.493 e. The van der Waals surface area contributed by atoms with Crippen LogP contribution in [-0.2, 0) is 21.4 Å². The molecule has 1 fully saturated rings. The van der Waals surface area contributed by atoms with Crippen molar-refractivity contribution < 1.29 is 27.5 Å². The lowest BCUT2D eigenvalue weighted by Gasteiger charge is -2.29. The van der Waals surface area contributed by atoms with Gasteiger partial charge in [-0.2, -0.15) is 4.31 Å². The molecule has 1 aliphatic rings. The molecule has 8 nitrogen and oxygen atoms in total. The summed E-state index contributed by atoms with van der Waals surface area (Å²) in [7, 11) is -1.01. The normalized spacial score (nSPS) is 16.9. The summed E-state index contributed by atoms with van der Waals surface area (Å²) in [6.45, 7) is 1.92. The molecular weight excluding hydrogens is 432 g/mol. The van der Waals surface area contributed by atoms with Crippen LogP contribution in [-0.4, -0.2) is 51.2 Å². The number of Topliss-reactive ketones (excluding diaryl/α,β-unsaturated/α-hetero) is 1. The Bertz CT molecular complexity index is 1080. The lowest BCUT2D eigenvalue weighted by atomic mass is 10.1.